The maximum atomic E-state index is 12.5. The highest BCUT2D eigenvalue weighted by molar-refractivity contribution is 6.01. The lowest BCUT2D eigenvalue weighted by molar-refractivity contribution is -0.196. The van der Waals surface area contributed by atoms with Crippen LogP contribution in [0.1, 0.15) is 12.8 Å². The van der Waals surface area contributed by atoms with Gasteiger partial charge in [-0.3, -0.25) is 48.4 Å². The average Bonchev–Trinajstić information content (AvgIpc) is 3.15. The van der Waals surface area contributed by atoms with E-state index >= 15 is 0 Å². The summed E-state index contributed by atoms with van der Waals surface area (Å²) in [6, 6.07) is 0. The molecule has 39 heavy (non-hydrogen) atoms. The Morgan fingerprint density at radius 2 is 0.949 bits per heavy atom. The molecule has 2 aliphatic heterocycles. The molecule has 0 aliphatic carbocycles. The highest BCUT2D eigenvalue weighted by atomic mass is 16.7. The van der Waals surface area contributed by atoms with Crippen LogP contribution in [0.2, 0.25) is 0 Å². The highest BCUT2D eigenvalue weighted by Gasteiger charge is 2.33. The van der Waals surface area contributed by atoms with E-state index in [-0.39, 0.29) is 91.4 Å². The van der Waals surface area contributed by atoms with Crippen LogP contribution in [-0.2, 0) is 38.4 Å². The van der Waals surface area contributed by atoms with Crippen LogP contribution in [0.5, 0.6) is 0 Å². The third kappa shape index (κ3) is 12.2. The first kappa shape index (κ1) is 31.5. The third-order valence-corrected chi connectivity index (χ3v) is 6.00. The van der Waals surface area contributed by atoms with E-state index in [4.69, 9.17) is 4.84 Å². The highest BCUT2D eigenvalue weighted by Crippen LogP contribution is 2.11. The topological polar surface area (TPSA) is 218 Å². The summed E-state index contributed by atoms with van der Waals surface area (Å²) in [5, 5.41) is 30.5. The van der Waals surface area contributed by atoms with E-state index in [1.807, 2.05) is 0 Å². The summed E-state index contributed by atoms with van der Waals surface area (Å²) in [5.74, 6) is -6.10. The number of carboxylic acid groups (broad SMARTS) is 3. The molecular formula is C22H34N6O11. The molecule has 0 spiro atoms. The Hall–Kier alpha value is -3.67. The lowest BCUT2D eigenvalue weighted by atomic mass is 10.3. The van der Waals surface area contributed by atoms with Crippen molar-refractivity contribution < 1.29 is 53.7 Å². The smallest absolute Gasteiger partial charge is 0.352 e. The van der Waals surface area contributed by atoms with E-state index in [9.17, 15) is 48.9 Å². The Bertz CT molecular complexity index is 897. The van der Waals surface area contributed by atoms with Crippen molar-refractivity contribution in [2.75, 3.05) is 85.1 Å². The van der Waals surface area contributed by atoms with Gasteiger partial charge in [-0.05, 0) is 0 Å². The maximum absolute atomic E-state index is 12.5. The molecule has 2 fully saturated rings. The molecule has 2 aliphatic rings. The van der Waals surface area contributed by atoms with Crippen LogP contribution in [0.15, 0.2) is 0 Å². The van der Waals surface area contributed by atoms with Gasteiger partial charge in [-0.1, -0.05) is 0 Å². The quantitative estimate of drug-likeness (QED) is 0.179. The number of rotatable bonds is 11. The van der Waals surface area contributed by atoms with Gasteiger partial charge in [0.2, 0.25) is 5.91 Å². The van der Waals surface area contributed by atoms with Crippen molar-refractivity contribution in [1.82, 2.24) is 30.0 Å². The van der Waals surface area contributed by atoms with Gasteiger partial charge in [0.15, 0.2) is 0 Å². The van der Waals surface area contributed by atoms with E-state index < -0.39 is 48.1 Å². The van der Waals surface area contributed by atoms with Crippen LogP contribution >= 0.6 is 0 Å². The molecule has 0 unspecified atom stereocenters. The zero-order chi connectivity index (χ0) is 28.9. The van der Waals surface area contributed by atoms with E-state index in [0.717, 1.165) is 0 Å². The zero-order valence-corrected chi connectivity index (χ0v) is 21.5. The Balaban J connectivity index is 2.01. The van der Waals surface area contributed by atoms with Gasteiger partial charge in [0.05, 0.1) is 26.2 Å². The number of carboxylic acids is 3. The van der Waals surface area contributed by atoms with E-state index in [0.29, 0.717) is 5.06 Å². The molecule has 0 aromatic carbocycles. The lowest BCUT2D eigenvalue weighted by Gasteiger charge is -2.32. The van der Waals surface area contributed by atoms with Crippen LogP contribution in [0.4, 0.5) is 0 Å². The summed E-state index contributed by atoms with van der Waals surface area (Å²) in [6.07, 6.45) is -0.133. The first-order valence-electron chi connectivity index (χ1n) is 12.3. The normalized spacial score (nSPS) is 19.2. The molecule has 17 nitrogen and oxygen atoms in total. The fraction of sp³-hybridized carbons (Fsp3) is 0.682. The average molecular weight is 559 g/mol. The van der Waals surface area contributed by atoms with E-state index in [1.54, 1.807) is 19.6 Å². The second-order valence-corrected chi connectivity index (χ2v) is 9.11. The van der Waals surface area contributed by atoms with E-state index in [2.05, 4.69) is 5.32 Å². The number of carbonyl (C=O) groups is 7. The van der Waals surface area contributed by atoms with Gasteiger partial charge in [-0.25, -0.2) is 4.79 Å². The number of hydrogen-bond acceptors (Lipinski definition) is 12. The molecule has 218 valence electrons. The number of nitrogens with one attached hydrogen (secondary N) is 1. The summed E-state index contributed by atoms with van der Waals surface area (Å²) >= 11 is 0. The summed E-state index contributed by atoms with van der Waals surface area (Å²) in [4.78, 5) is 92.8. The summed E-state index contributed by atoms with van der Waals surface area (Å²) in [7, 11) is 0. The van der Waals surface area contributed by atoms with Crippen molar-refractivity contribution in [2.24, 2.45) is 0 Å². The third-order valence-electron chi connectivity index (χ3n) is 6.00. The van der Waals surface area contributed by atoms with Crippen molar-refractivity contribution in [1.29, 1.82) is 0 Å². The molecule has 0 saturated carbocycles. The Morgan fingerprint density at radius 3 is 1.28 bits per heavy atom. The maximum Gasteiger partial charge on any atom is 0.352 e. The monoisotopic (exact) mass is 558 g/mol. The minimum Gasteiger partial charge on any atom is -0.480 e. The zero-order valence-electron chi connectivity index (χ0n) is 21.5. The molecular weight excluding hydrogens is 524 g/mol. The summed E-state index contributed by atoms with van der Waals surface area (Å²) in [5.41, 5.74) is 0. The largest absolute Gasteiger partial charge is 0.480 e. The number of amides is 3. The molecule has 2 heterocycles. The summed E-state index contributed by atoms with van der Waals surface area (Å²) < 4.78 is 0. The Morgan fingerprint density at radius 1 is 0.615 bits per heavy atom. The van der Waals surface area contributed by atoms with Crippen LogP contribution in [0, 0.1) is 0 Å². The predicted molar refractivity (Wildman–Crippen MR) is 129 cm³/mol. The molecule has 0 atom stereocenters. The predicted octanol–water partition coefficient (Wildman–Crippen LogP) is -3.81. The van der Waals surface area contributed by atoms with Gasteiger partial charge in [0, 0.05) is 65.2 Å². The van der Waals surface area contributed by atoms with Crippen molar-refractivity contribution in [2.45, 2.75) is 12.8 Å². The van der Waals surface area contributed by atoms with Gasteiger partial charge in [-0.2, -0.15) is 0 Å². The Kier molecular flexibility index (Phi) is 12.7. The number of imide groups is 1. The number of aliphatic carboxylic acids is 3. The molecule has 0 aromatic heterocycles. The number of nitrogens with zero attached hydrogens (tertiary/aromatic N) is 5. The minimum atomic E-state index is -1.07. The van der Waals surface area contributed by atoms with Crippen molar-refractivity contribution >= 4 is 41.6 Å². The van der Waals surface area contributed by atoms with Crippen LogP contribution in [0.25, 0.3) is 0 Å². The minimum absolute atomic E-state index is 0.0667. The van der Waals surface area contributed by atoms with Crippen LogP contribution in [0.3, 0.4) is 0 Å². The fourth-order valence-corrected chi connectivity index (χ4v) is 4.01. The van der Waals surface area contributed by atoms with Crippen molar-refractivity contribution in [3.8, 4) is 0 Å². The van der Waals surface area contributed by atoms with Gasteiger partial charge in [0.25, 0.3) is 11.8 Å². The number of carbonyl (C=O) groups excluding carboxylic acids is 4. The molecule has 2 saturated heterocycles. The first-order valence-corrected chi connectivity index (χ1v) is 12.3. The SMILES string of the molecule is O=C(O)CN1CCN(CC(=O)O)CCN(CC(=O)NCC(=O)ON2C(=O)CCC2=O)CCN(CC(=O)O)CC1. The molecule has 17 heteroatoms. The lowest BCUT2D eigenvalue weighted by Crippen LogP contribution is -2.50. The van der Waals surface area contributed by atoms with Gasteiger partial charge < -0.3 is 25.5 Å². The fourth-order valence-electron chi connectivity index (χ4n) is 4.01. The number of hydroxylamine groups is 2. The molecule has 2 rings (SSSR count). The second-order valence-electron chi connectivity index (χ2n) is 9.11. The molecule has 0 aromatic rings. The first-order chi connectivity index (χ1) is 18.4. The van der Waals surface area contributed by atoms with Crippen molar-refractivity contribution in [3.05, 3.63) is 0 Å². The standard InChI is InChI=1S/C22H34N6O11/c29-16(23-11-22(38)39-28-17(30)1-2-18(28)31)12-24-3-5-25(13-19(32)33)7-9-27(15-21(36)37)10-8-26(6-4-24)14-20(34)35/h1-15H2,(H,23,29)(H,32,33)(H,34,35)(H,36,37). The van der Waals surface area contributed by atoms with Crippen LogP contribution < -0.4 is 5.32 Å². The number of hydrogen-bond donors (Lipinski definition) is 4. The molecule has 3 amide bonds. The van der Waals surface area contributed by atoms with Gasteiger partial charge >= 0.3 is 23.9 Å². The van der Waals surface area contributed by atoms with Gasteiger partial charge in [0.1, 0.15) is 6.54 Å². The van der Waals surface area contributed by atoms with Crippen LogP contribution in [-0.4, -0.2) is 167 Å². The molecule has 4 N–H and O–H groups in total. The second kappa shape index (κ2) is 15.7. The Labute approximate surface area is 223 Å². The molecule has 0 radical (unpaired) electrons. The van der Waals surface area contributed by atoms with Gasteiger partial charge in [-0.15, -0.1) is 5.06 Å². The molecule has 0 bridgehead atoms. The van der Waals surface area contributed by atoms with Crippen molar-refractivity contribution in [3.63, 3.8) is 0 Å². The summed E-state index contributed by atoms with van der Waals surface area (Å²) in [6.45, 7) is 0.160. The van der Waals surface area contributed by atoms with E-state index in [1.165, 1.54) is 0 Å².